The molecule has 0 spiro atoms. The first-order valence-corrected chi connectivity index (χ1v) is 5.67. The highest BCUT2D eigenvalue weighted by Gasteiger charge is 2.32. The van der Waals surface area contributed by atoms with Crippen LogP contribution in [0.15, 0.2) is 18.2 Å². The van der Waals surface area contributed by atoms with Crippen molar-refractivity contribution in [3.8, 4) is 5.75 Å². The van der Waals surface area contributed by atoms with Crippen molar-refractivity contribution in [3.63, 3.8) is 0 Å². The van der Waals surface area contributed by atoms with Crippen LogP contribution in [0.1, 0.15) is 37.4 Å². The van der Waals surface area contributed by atoms with E-state index in [9.17, 15) is 4.79 Å². The lowest BCUT2D eigenvalue weighted by Gasteiger charge is -2.19. The number of aliphatic carboxylic acids is 1. The summed E-state index contributed by atoms with van der Waals surface area (Å²) in [6.45, 7) is 4.03. The summed E-state index contributed by atoms with van der Waals surface area (Å²) in [6, 6.07) is 5.23. The Morgan fingerprint density at radius 2 is 2.29 bits per heavy atom. The summed E-state index contributed by atoms with van der Waals surface area (Å²) >= 11 is 0. The predicted octanol–water partition coefficient (Wildman–Crippen LogP) is 1.87. The number of fused-ring (bicyclic) bond motifs is 1. The molecular weight excluding hydrogens is 218 g/mol. The minimum atomic E-state index is -0.896. The molecule has 1 atom stereocenters. The molecule has 0 saturated heterocycles. The Morgan fingerprint density at radius 3 is 2.94 bits per heavy atom. The molecule has 17 heavy (non-hydrogen) atoms. The fourth-order valence-electron chi connectivity index (χ4n) is 2.23. The lowest BCUT2D eigenvalue weighted by atomic mass is 9.97. The third kappa shape index (κ3) is 2.42. The summed E-state index contributed by atoms with van der Waals surface area (Å²) in [6.07, 6.45) is 0.746. The maximum atomic E-state index is 10.7. The summed E-state index contributed by atoms with van der Waals surface area (Å²) < 4.78 is 5.86. The first-order valence-electron chi connectivity index (χ1n) is 5.67. The van der Waals surface area contributed by atoms with Gasteiger partial charge in [-0.15, -0.1) is 0 Å². The molecule has 1 aliphatic heterocycles. The number of para-hydroxylation sites is 1. The molecule has 0 radical (unpaired) electrons. The maximum absolute atomic E-state index is 10.7. The Labute approximate surface area is 100 Å². The largest absolute Gasteiger partial charge is 0.487 e. The molecule has 0 saturated carbocycles. The number of hydrogen-bond acceptors (Lipinski definition) is 3. The first-order chi connectivity index (χ1) is 7.89. The Morgan fingerprint density at radius 1 is 1.59 bits per heavy atom. The van der Waals surface area contributed by atoms with Crippen molar-refractivity contribution >= 4 is 5.97 Å². The molecule has 4 heteroatoms. The van der Waals surface area contributed by atoms with Gasteiger partial charge in [-0.2, -0.15) is 0 Å². The van der Waals surface area contributed by atoms with Crippen LogP contribution >= 0.6 is 0 Å². The lowest BCUT2D eigenvalue weighted by molar-refractivity contribution is -0.137. The average molecular weight is 235 g/mol. The van der Waals surface area contributed by atoms with Crippen LogP contribution in [0.4, 0.5) is 0 Å². The monoisotopic (exact) mass is 235 g/mol. The molecule has 1 aromatic rings. The molecule has 2 rings (SSSR count). The smallest absolute Gasteiger partial charge is 0.305 e. The molecule has 0 aliphatic carbocycles. The summed E-state index contributed by atoms with van der Waals surface area (Å²) in [4.78, 5) is 10.7. The van der Waals surface area contributed by atoms with Gasteiger partial charge in [-0.3, -0.25) is 4.79 Å². The van der Waals surface area contributed by atoms with Crippen molar-refractivity contribution in [2.75, 3.05) is 0 Å². The van der Waals surface area contributed by atoms with Gasteiger partial charge in [-0.1, -0.05) is 18.2 Å². The molecule has 3 N–H and O–H groups in total. The summed E-state index contributed by atoms with van der Waals surface area (Å²) in [5, 5.41) is 8.78. The van der Waals surface area contributed by atoms with Crippen LogP contribution in [-0.4, -0.2) is 16.7 Å². The Balaban J connectivity index is 2.32. The van der Waals surface area contributed by atoms with Crippen molar-refractivity contribution < 1.29 is 14.6 Å². The van der Waals surface area contributed by atoms with E-state index in [2.05, 4.69) is 0 Å². The predicted molar refractivity (Wildman–Crippen MR) is 64.0 cm³/mol. The first kappa shape index (κ1) is 11.9. The molecule has 0 bridgehead atoms. The topological polar surface area (TPSA) is 72.6 Å². The van der Waals surface area contributed by atoms with Gasteiger partial charge < -0.3 is 15.6 Å². The van der Waals surface area contributed by atoms with Gasteiger partial charge in [0.25, 0.3) is 0 Å². The van der Waals surface area contributed by atoms with Gasteiger partial charge in [0.1, 0.15) is 11.4 Å². The fourth-order valence-corrected chi connectivity index (χ4v) is 2.23. The van der Waals surface area contributed by atoms with Crippen LogP contribution in [0, 0.1) is 0 Å². The number of carbonyl (C=O) groups is 1. The van der Waals surface area contributed by atoms with Gasteiger partial charge in [0.05, 0.1) is 6.42 Å². The van der Waals surface area contributed by atoms with Crippen molar-refractivity contribution in [1.82, 2.24) is 0 Å². The van der Waals surface area contributed by atoms with Gasteiger partial charge in [0, 0.05) is 18.0 Å². The second-order valence-electron chi connectivity index (χ2n) is 5.08. The Hall–Kier alpha value is -1.55. The minimum absolute atomic E-state index is 0.0831. The third-order valence-electron chi connectivity index (χ3n) is 2.92. The second-order valence-corrected chi connectivity index (χ2v) is 5.08. The summed E-state index contributed by atoms with van der Waals surface area (Å²) in [5.41, 5.74) is 7.55. The van der Waals surface area contributed by atoms with Gasteiger partial charge in [-0.05, 0) is 19.4 Å². The zero-order valence-corrected chi connectivity index (χ0v) is 10.1. The van der Waals surface area contributed by atoms with E-state index in [-0.39, 0.29) is 12.0 Å². The molecule has 1 aliphatic rings. The molecule has 4 nitrogen and oxygen atoms in total. The maximum Gasteiger partial charge on any atom is 0.305 e. The number of nitrogens with two attached hydrogens (primary N) is 1. The number of carboxylic acid groups (broad SMARTS) is 1. The van der Waals surface area contributed by atoms with E-state index in [1.165, 1.54) is 0 Å². The molecule has 0 fully saturated rings. The normalized spacial score (nSPS) is 18.3. The zero-order valence-electron chi connectivity index (χ0n) is 10.1. The van der Waals surface area contributed by atoms with Gasteiger partial charge in [-0.25, -0.2) is 0 Å². The van der Waals surface area contributed by atoms with E-state index in [0.29, 0.717) is 0 Å². The van der Waals surface area contributed by atoms with Crippen LogP contribution in [0.2, 0.25) is 0 Å². The number of carboxylic acids is 1. The van der Waals surface area contributed by atoms with E-state index >= 15 is 0 Å². The number of rotatable bonds is 3. The highest BCUT2D eigenvalue weighted by Crippen LogP contribution is 2.39. The number of ether oxygens (including phenoxy) is 1. The molecule has 0 unspecified atom stereocenters. The van der Waals surface area contributed by atoms with E-state index < -0.39 is 12.0 Å². The van der Waals surface area contributed by atoms with Gasteiger partial charge in [0.15, 0.2) is 0 Å². The Bertz CT molecular complexity index is 454. The lowest BCUT2D eigenvalue weighted by Crippen LogP contribution is -2.25. The summed E-state index contributed by atoms with van der Waals surface area (Å²) in [7, 11) is 0. The zero-order chi connectivity index (χ0) is 12.6. The summed E-state index contributed by atoms with van der Waals surface area (Å²) in [5.74, 6) is -0.126. The molecular formula is C13H17NO3. The van der Waals surface area contributed by atoms with Crippen molar-refractivity contribution in [2.24, 2.45) is 5.73 Å². The van der Waals surface area contributed by atoms with Crippen LogP contribution in [0.3, 0.4) is 0 Å². The number of benzene rings is 1. The van der Waals surface area contributed by atoms with E-state index in [0.717, 1.165) is 23.3 Å². The molecule has 0 aromatic heterocycles. The van der Waals surface area contributed by atoms with Crippen LogP contribution in [-0.2, 0) is 11.2 Å². The Kier molecular flexibility index (Phi) is 2.83. The van der Waals surface area contributed by atoms with Crippen LogP contribution in [0.5, 0.6) is 5.75 Å². The van der Waals surface area contributed by atoms with Crippen molar-refractivity contribution in [2.45, 2.75) is 38.3 Å². The standard InChI is InChI=1S/C13H17NO3/c1-13(2)7-8-4-3-5-9(12(8)17-13)10(14)6-11(15)16/h3-5,10H,6-7,14H2,1-2H3,(H,15,16)/t10-/m0/s1. The highest BCUT2D eigenvalue weighted by atomic mass is 16.5. The fraction of sp³-hybridized carbons (Fsp3) is 0.462. The molecule has 1 aromatic carbocycles. The van der Waals surface area contributed by atoms with Gasteiger partial charge in [0.2, 0.25) is 0 Å². The van der Waals surface area contributed by atoms with Crippen molar-refractivity contribution in [3.05, 3.63) is 29.3 Å². The molecule has 92 valence electrons. The molecule has 1 heterocycles. The average Bonchev–Trinajstić information content (AvgIpc) is 2.49. The van der Waals surface area contributed by atoms with Crippen LogP contribution in [0.25, 0.3) is 0 Å². The van der Waals surface area contributed by atoms with Crippen LogP contribution < -0.4 is 10.5 Å². The van der Waals surface area contributed by atoms with E-state index in [4.69, 9.17) is 15.6 Å². The number of hydrogen-bond donors (Lipinski definition) is 2. The van der Waals surface area contributed by atoms with Crippen molar-refractivity contribution in [1.29, 1.82) is 0 Å². The second kappa shape index (κ2) is 4.04. The van der Waals surface area contributed by atoms with E-state index in [1.54, 1.807) is 0 Å². The highest BCUT2D eigenvalue weighted by molar-refractivity contribution is 5.68. The third-order valence-corrected chi connectivity index (χ3v) is 2.92. The van der Waals surface area contributed by atoms with Gasteiger partial charge >= 0.3 is 5.97 Å². The molecule has 0 amide bonds. The quantitative estimate of drug-likeness (QED) is 0.839. The SMILES string of the molecule is CC1(C)Cc2cccc([C@@H](N)CC(=O)O)c2O1. The van der Waals surface area contributed by atoms with E-state index in [1.807, 2.05) is 32.0 Å². The minimum Gasteiger partial charge on any atom is -0.487 e.